The number of methoxy groups -OCH3 is 1. The second kappa shape index (κ2) is 4.22. The molecule has 0 N–H and O–H groups in total. The van der Waals surface area contributed by atoms with Gasteiger partial charge in [-0.2, -0.15) is 0 Å². The van der Waals surface area contributed by atoms with Crippen molar-refractivity contribution in [1.82, 2.24) is 4.98 Å². The lowest BCUT2D eigenvalue weighted by Gasteiger charge is -2.07. The molecule has 0 aliphatic rings. The Balaban J connectivity index is 3.06. The molecule has 3 nitrogen and oxygen atoms in total. The molecule has 1 rings (SSSR count). The molecular weight excluding hydrogens is 178 g/mol. The van der Waals surface area contributed by atoms with E-state index in [1.54, 1.807) is 19.2 Å². The summed E-state index contributed by atoms with van der Waals surface area (Å²) in [5, 5.41) is 0. The highest BCUT2D eigenvalue weighted by Gasteiger charge is 2.13. The highest BCUT2D eigenvalue weighted by atomic mass is 16.5. The van der Waals surface area contributed by atoms with E-state index >= 15 is 0 Å². The van der Waals surface area contributed by atoms with Crippen molar-refractivity contribution in [2.24, 2.45) is 5.92 Å². The predicted octanol–water partition coefficient (Wildman–Crippen LogP) is 2.24. The topological polar surface area (TPSA) is 39.2 Å². The first-order valence-corrected chi connectivity index (χ1v) is 4.62. The van der Waals surface area contributed by atoms with Gasteiger partial charge in [0.1, 0.15) is 0 Å². The van der Waals surface area contributed by atoms with Gasteiger partial charge in [-0.25, -0.2) is 4.98 Å². The number of ketones is 1. The SMILES string of the molecule is COc1ccc(C(=O)C(C)C)c(C)n1. The predicted molar refractivity (Wildman–Crippen MR) is 54.7 cm³/mol. The molecule has 0 fully saturated rings. The molecule has 0 unspecified atom stereocenters. The van der Waals surface area contributed by atoms with E-state index in [0.29, 0.717) is 11.4 Å². The fourth-order valence-electron chi connectivity index (χ4n) is 1.22. The van der Waals surface area contributed by atoms with Crippen LogP contribution in [0.4, 0.5) is 0 Å². The molecule has 0 atom stereocenters. The number of pyridine rings is 1. The number of hydrogen-bond acceptors (Lipinski definition) is 3. The fourth-order valence-corrected chi connectivity index (χ4v) is 1.22. The zero-order chi connectivity index (χ0) is 10.7. The van der Waals surface area contributed by atoms with Gasteiger partial charge in [0.15, 0.2) is 5.78 Å². The molecule has 3 heteroatoms. The monoisotopic (exact) mass is 193 g/mol. The van der Waals surface area contributed by atoms with E-state index in [4.69, 9.17) is 4.74 Å². The van der Waals surface area contributed by atoms with Crippen molar-refractivity contribution in [3.63, 3.8) is 0 Å². The molecule has 0 bridgehead atoms. The molecule has 0 spiro atoms. The largest absolute Gasteiger partial charge is 0.481 e. The molecule has 0 aliphatic carbocycles. The molecule has 0 saturated carbocycles. The first-order chi connectivity index (χ1) is 6.56. The van der Waals surface area contributed by atoms with Crippen molar-refractivity contribution < 1.29 is 9.53 Å². The van der Waals surface area contributed by atoms with E-state index in [1.807, 2.05) is 20.8 Å². The standard InChI is InChI=1S/C11H15NO2/c1-7(2)11(13)9-5-6-10(14-4)12-8(9)3/h5-7H,1-4H3. The van der Waals surface area contributed by atoms with Crippen LogP contribution in [0.2, 0.25) is 0 Å². The van der Waals surface area contributed by atoms with Gasteiger partial charge in [-0.15, -0.1) is 0 Å². The lowest BCUT2D eigenvalue weighted by molar-refractivity contribution is 0.0938. The Morgan fingerprint density at radius 2 is 2.07 bits per heavy atom. The third kappa shape index (κ3) is 2.10. The number of hydrogen-bond donors (Lipinski definition) is 0. The van der Waals surface area contributed by atoms with Crippen LogP contribution in [0, 0.1) is 12.8 Å². The van der Waals surface area contributed by atoms with Crippen LogP contribution in [0.25, 0.3) is 0 Å². The lowest BCUT2D eigenvalue weighted by Crippen LogP contribution is -2.10. The second-order valence-electron chi connectivity index (χ2n) is 3.51. The summed E-state index contributed by atoms with van der Waals surface area (Å²) in [4.78, 5) is 15.8. The minimum absolute atomic E-state index is 0.00361. The molecule has 0 amide bonds. The third-order valence-corrected chi connectivity index (χ3v) is 2.06. The Bertz CT molecular complexity index is 345. The van der Waals surface area contributed by atoms with E-state index < -0.39 is 0 Å². The Morgan fingerprint density at radius 3 is 2.50 bits per heavy atom. The molecule has 1 heterocycles. The molecule has 1 aromatic heterocycles. The summed E-state index contributed by atoms with van der Waals surface area (Å²) < 4.78 is 4.97. The molecule has 14 heavy (non-hydrogen) atoms. The van der Waals surface area contributed by atoms with Crippen LogP contribution in [-0.2, 0) is 0 Å². The Hall–Kier alpha value is -1.38. The number of Topliss-reactive ketones (excluding diaryl/α,β-unsaturated/α-hetero) is 1. The van der Waals surface area contributed by atoms with Crippen molar-refractivity contribution in [2.45, 2.75) is 20.8 Å². The summed E-state index contributed by atoms with van der Waals surface area (Å²) in [6.45, 7) is 5.58. The summed E-state index contributed by atoms with van der Waals surface area (Å²) in [5.41, 5.74) is 1.41. The average Bonchev–Trinajstić information content (AvgIpc) is 2.16. The van der Waals surface area contributed by atoms with Gasteiger partial charge in [0.05, 0.1) is 12.8 Å². The maximum Gasteiger partial charge on any atom is 0.213 e. The van der Waals surface area contributed by atoms with E-state index in [-0.39, 0.29) is 11.7 Å². The fraction of sp³-hybridized carbons (Fsp3) is 0.455. The number of nitrogens with zero attached hydrogens (tertiary/aromatic N) is 1. The van der Waals surface area contributed by atoms with Gasteiger partial charge in [0.2, 0.25) is 5.88 Å². The van der Waals surface area contributed by atoms with Crippen molar-refractivity contribution in [2.75, 3.05) is 7.11 Å². The van der Waals surface area contributed by atoms with E-state index in [1.165, 1.54) is 0 Å². The summed E-state index contributed by atoms with van der Waals surface area (Å²) in [5.74, 6) is 0.671. The van der Waals surface area contributed by atoms with Crippen LogP contribution in [0.15, 0.2) is 12.1 Å². The maximum atomic E-state index is 11.7. The van der Waals surface area contributed by atoms with Gasteiger partial charge in [-0.3, -0.25) is 4.79 Å². The lowest BCUT2D eigenvalue weighted by atomic mass is 10.0. The van der Waals surface area contributed by atoms with Gasteiger partial charge in [-0.1, -0.05) is 13.8 Å². The van der Waals surface area contributed by atoms with Crippen molar-refractivity contribution in [1.29, 1.82) is 0 Å². The Kier molecular flexibility index (Phi) is 3.23. The summed E-state index contributed by atoms with van der Waals surface area (Å²) in [7, 11) is 1.56. The number of ether oxygens (including phenoxy) is 1. The van der Waals surface area contributed by atoms with Crippen LogP contribution >= 0.6 is 0 Å². The average molecular weight is 193 g/mol. The van der Waals surface area contributed by atoms with Crippen molar-refractivity contribution >= 4 is 5.78 Å². The van der Waals surface area contributed by atoms with E-state index in [2.05, 4.69) is 4.98 Å². The van der Waals surface area contributed by atoms with Crippen molar-refractivity contribution in [3.05, 3.63) is 23.4 Å². The molecule has 76 valence electrons. The zero-order valence-corrected chi connectivity index (χ0v) is 9.00. The number of aromatic nitrogens is 1. The minimum Gasteiger partial charge on any atom is -0.481 e. The number of carbonyl (C=O) groups is 1. The Morgan fingerprint density at radius 1 is 1.43 bits per heavy atom. The van der Waals surface area contributed by atoms with Gasteiger partial charge in [0.25, 0.3) is 0 Å². The summed E-state index contributed by atoms with van der Waals surface area (Å²) in [6.07, 6.45) is 0. The maximum absolute atomic E-state index is 11.7. The van der Waals surface area contributed by atoms with Gasteiger partial charge < -0.3 is 4.74 Å². The quantitative estimate of drug-likeness (QED) is 0.691. The second-order valence-corrected chi connectivity index (χ2v) is 3.51. The van der Waals surface area contributed by atoms with Gasteiger partial charge >= 0.3 is 0 Å². The number of aryl methyl sites for hydroxylation is 1. The van der Waals surface area contributed by atoms with Crippen molar-refractivity contribution in [3.8, 4) is 5.88 Å². The van der Waals surface area contributed by atoms with Gasteiger partial charge in [0, 0.05) is 17.5 Å². The molecule has 1 aromatic rings. The summed E-state index contributed by atoms with van der Waals surface area (Å²) in [6, 6.07) is 3.48. The molecule has 0 radical (unpaired) electrons. The van der Waals surface area contributed by atoms with Crippen LogP contribution in [0.1, 0.15) is 29.9 Å². The number of rotatable bonds is 3. The highest BCUT2D eigenvalue weighted by molar-refractivity contribution is 5.98. The molecule has 0 aliphatic heterocycles. The highest BCUT2D eigenvalue weighted by Crippen LogP contribution is 2.15. The minimum atomic E-state index is 0.00361. The normalized spacial score (nSPS) is 10.4. The van der Waals surface area contributed by atoms with E-state index in [0.717, 1.165) is 5.69 Å². The number of carbonyl (C=O) groups excluding carboxylic acids is 1. The van der Waals surface area contributed by atoms with Crippen LogP contribution in [-0.4, -0.2) is 17.9 Å². The molecule has 0 saturated heterocycles. The van der Waals surface area contributed by atoms with Crippen LogP contribution in [0.3, 0.4) is 0 Å². The van der Waals surface area contributed by atoms with Gasteiger partial charge in [-0.05, 0) is 13.0 Å². The first kappa shape index (κ1) is 10.7. The first-order valence-electron chi connectivity index (χ1n) is 4.62. The van der Waals surface area contributed by atoms with E-state index in [9.17, 15) is 4.79 Å². The van der Waals surface area contributed by atoms with Crippen LogP contribution < -0.4 is 4.74 Å². The zero-order valence-electron chi connectivity index (χ0n) is 9.00. The van der Waals surface area contributed by atoms with Crippen LogP contribution in [0.5, 0.6) is 5.88 Å². The molecular formula is C11H15NO2. The smallest absolute Gasteiger partial charge is 0.213 e. The summed E-state index contributed by atoms with van der Waals surface area (Å²) >= 11 is 0. The third-order valence-electron chi connectivity index (χ3n) is 2.06. The Labute approximate surface area is 84.1 Å². The molecule has 0 aromatic carbocycles.